The van der Waals surface area contributed by atoms with Gasteiger partial charge in [-0.2, -0.15) is 0 Å². The van der Waals surface area contributed by atoms with Crippen LogP contribution in [0.3, 0.4) is 0 Å². The number of benzene rings is 1. The van der Waals surface area contributed by atoms with E-state index in [1.807, 2.05) is 23.7 Å². The lowest BCUT2D eigenvalue weighted by molar-refractivity contribution is -0.141. The van der Waals surface area contributed by atoms with Gasteiger partial charge in [0.2, 0.25) is 0 Å². The van der Waals surface area contributed by atoms with Gasteiger partial charge in [-0.05, 0) is 38.0 Å². The third-order valence-electron chi connectivity index (χ3n) is 4.52. The summed E-state index contributed by atoms with van der Waals surface area (Å²) in [5.74, 6) is 1.50. The van der Waals surface area contributed by atoms with Crippen molar-refractivity contribution in [3.05, 3.63) is 65.9 Å². The van der Waals surface area contributed by atoms with Crippen LogP contribution < -0.4 is 4.89 Å². The summed E-state index contributed by atoms with van der Waals surface area (Å²) in [6.45, 7) is 6.04. The molecule has 3 heterocycles. The van der Waals surface area contributed by atoms with Gasteiger partial charge in [-0.3, -0.25) is 4.98 Å². The highest BCUT2D eigenvalue weighted by Gasteiger charge is 2.15. The first-order valence-corrected chi connectivity index (χ1v) is 8.40. The minimum atomic E-state index is 0.123. The highest BCUT2D eigenvalue weighted by atomic mass is 17.1. The Morgan fingerprint density at radius 3 is 2.41 bits per heavy atom. The number of pyridine rings is 1. The molecule has 1 aromatic carbocycles. The Balaban J connectivity index is 1.68. The summed E-state index contributed by atoms with van der Waals surface area (Å²) >= 11 is 0. The molecule has 3 aromatic heterocycles. The quantitative estimate of drug-likeness (QED) is 0.442. The van der Waals surface area contributed by atoms with Crippen LogP contribution in [0.4, 0.5) is 0 Å². The van der Waals surface area contributed by atoms with Crippen molar-refractivity contribution in [1.29, 1.82) is 0 Å². The Morgan fingerprint density at radius 2 is 1.78 bits per heavy atom. The summed E-state index contributed by atoms with van der Waals surface area (Å²) in [7, 11) is 0. The SMILES string of the molecule is Cc1cccc(-c2cnc(-n3nc(C)n3-c3ccc(OO)nc3)cn2)c1C. The van der Waals surface area contributed by atoms with Crippen molar-refractivity contribution < 1.29 is 10.1 Å². The van der Waals surface area contributed by atoms with E-state index < -0.39 is 0 Å². The molecule has 0 aliphatic carbocycles. The molecule has 0 aliphatic heterocycles. The van der Waals surface area contributed by atoms with Crippen molar-refractivity contribution in [2.24, 2.45) is 0 Å². The molecule has 8 nitrogen and oxygen atoms in total. The van der Waals surface area contributed by atoms with Crippen LogP contribution in [0.1, 0.15) is 17.0 Å². The first-order chi connectivity index (χ1) is 13.1. The van der Waals surface area contributed by atoms with Crippen LogP contribution in [0.2, 0.25) is 0 Å². The van der Waals surface area contributed by atoms with Gasteiger partial charge >= 0.3 is 0 Å². The second kappa shape index (κ2) is 6.65. The second-order valence-corrected chi connectivity index (χ2v) is 6.20. The average molecular weight is 362 g/mol. The lowest BCUT2D eigenvalue weighted by atomic mass is 10.0. The zero-order valence-corrected chi connectivity index (χ0v) is 15.2. The van der Waals surface area contributed by atoms with Gasteiger partial charge in [-0.15, -0.1) is 9.90 Å². The van der Waals surface area contributed by atoms with Crippen molar-refractivity contribution in [2.45, 2.75) is 20.8 Å². The zero-order chi connectivity index (χ0) is 19.0. The van der Waals surface area contributed by atoms with E-state index in [1.165, 1.54) is 11.1 Å². The first kappa shape index (κ1) is 16.9. The lowest BCUT2D eigenvalue weighted by Gasteiger charge is -2.21. The Kier molecular flexibility index (Phi) is 4.17. The number of hydrogen-bond acceptors (Lipinski definition) is 6. The molecule has 0 fully saturated rings. The molecule has 8 heteroatoms. The highest BCUT2D eigenvalue weighted by molar-refractivity contribution is 5.64. The van der Waals surface area contributed by atoms with Gasteiger partial charge in [0.15, 0.2) is 5.82 Å². The topological polar surface area (TPSA) is 90.9 Å². The second-order valence-electron chi connectivity index (χ2n) is 6.20. The Bertz CT molecular complexity index is 1080. The summed E-state index contributed by atoms with van der Waals surface area (Å²) in [4.78, 5) is 18.9. The molecule has 0 spiro atoms. The van der Waals surface area contributed by atoms with E-state index in [2.05, 4.69) is 44.9 Å². The minimum Gasteiger partial charge on any atom is -0.320 e. The van der Waals surface area contributed by atoms with Crippen LogP contribution in [0.25, 0.3) is 22.8 Å². The Morgan fingerprint density at radius 1 is 0.926 bits per heavy atom. The van der Waals surface area contributed by atoms with E-state index >= 15 is 0 Å². The van der Waals surface area contributed by atoms with Crippen molar-refractivity contribution in [3.63, 3.8) is 0 Å². The van der Waals surface area contributed by atoms with Gasteiger partial charge in [0.05, 0.1) is 30.0 Å². The molecule has 27 heavy (non-hydrogen) atoms. The van der Waals surface area contributed by atoms with Gasteiger partial charge in [0, 0.05) is 11.6 Å². The Labute approximate surface area is 155 Å². The number of hydrogen-bond donors (Lipinski definition) is 1. The number of aromatic nitrogens is 6. The molecule has 0 aliphatic rings. The van der Waals surface area contributed by atoms with Crippen molar-refractivity contribution in [2.75, 3.05) is 0 Å². The van der Waals surface area contributed by atoms with Crippen LogP contribution in [0.15, 0.2) is 48.9 Å². The summed E-state index contributed by atoms with van der Waals surface area (Å²) in [6.07, 6.45) is 5.02. The molecule has 0 unspecified atom stereocenters. The average Bonchev–Trinajstić information content (AvgIpc) is 2.69. The highest BCUT2D eigenvalue weighted by Crippen LogP contribution is 2.24. The maximum absolute atomic E-state index is 8.65. The first-order valence-electron chi connectivity index (χ1n) is 8.40. The van der Waals surface area contributed by atoms with Crippen LogP contribution in [0, 0.1) is 20.8 Å². The molecule has 4 aromatic rings. The molecular formula is C19H18N6O2. The zero-order valence-electron chi connectivity index (χ0n) is 15.2. The third kappa shape index (κ3) is 2.96. The Hall–Kier alpha value is -3.52. The fourth-order valence-corrected chi connectivity index (χ4v) is 2.92. The van der Waals surface area contributed by atoms with Crippen LogP contribution in [-0.2, 0) is 0 Å². The van der Waals surface area contributed by atoms with Gasteiger partial charge in [-0.25, -0.2) is 19.9 Å². The number of nitrogens with zero attached hydrogens (tertiary/aromatic N) is 6. The van der Waals surface area contributed by atoms with E-state index in [0.29, 0.717) is 5.82 Å². The van der Waals surface area contributed by atoms with Crippen molar-refractivity contribution in [1.82, 2.24) is 29.5 Å². The third-order valence-corrected chi connectivity index (χ3v) is 4.52. The molecule has 4 rings (SSSR count). The molecule has 0 saturated carbocycles. The maximum Gasteiger partial charge on any atom is 0.256 e. The van der Waals surface area contributed by atoms with Crippen LogP contribution in [-0.4, -0.2) is 34.8 Å². The van der Waals surface area contributed by atoms with Gasteiger partial charge in [0.1, 0.15) is 5.82 Å². The van der Waals surface area contributed by atoms with Gasteiger partial charge < -0.3 is 4.89 Å². The number of rotatable bonds is 4. The van der Waals surface area contributed by atoms with Crippen molar-refractivity contribution >= 4 is 0 Å². The van der Waals surface area contributed by atoms with E-state index in [9.17, 15) is 0 Å². The molecule has 136 valence electrons. The van der Waals surface area contributed by atoms with E-state index in [4.69, 9.17) is 5.26 Å². The van der Waals surface area contributed by atoms with Crippen molar-refractivity contribution in [3.8, 4) is 28.6 Å². The fraction of sp³-hybridized carbons (Fsp3) is 0.158. The molecule has 0 radical (unpaired) electrons. The number of aryl methyl sites for hydroxylation is 2. The van der Waals surface area contributed by atoms with E-state index in [0.717, 1.165) is 22.8 Å². The van der Waals surface area contributed by atoms with Crippen LogP contribution in [0.5, 0.6) is 5.88 Å². The fourth-order valence-electron chi connectivity index (χ4n) is 2.92. The monoisotopic (exact) mass is 362 g/mol. The smallest absolute Gasteiger partial charge is 0.256 e. The summed E-state index contributed by atoms with van der Waals surface area (Å²) < 4.78 is 1.84. The minimum absolute atomic E-state index is 0.123. The summed E-state index contributed by atoms with van der Waals surface area (Å²) in [5.41, 5.74) is 5.06. The summed E-state index contributed by atoms with van der Waals surface area (Å²) in [5, 5.41) is 13.0. The summed E-state index contributed by atoms with van der Waals surface area (Å²) in [6, 6.07) is 9.47. The molecule has 0 amide bonds. The molecular weight excluding hydrogens is 344 g/mol. The largest absolute Gasteiger partial charge is 0.320 e. The predicted octanol–water partition coefficient (Wildman–Crippen LogP) is 3.29. The van der Waals surface area contributed by atoms with Gasteiger partial charge in [0.25, 0.3) is 5.88 Å². The normalized spacial score (nSPS) is 11.0. The molecule has 0 atom stereocenters. The maximum atomic E-state index is 8.65. The van der Waals surface area contributed by atoms with E-state index in [1.54, 1.807) is 35.5 Å². The van der Waals surface area contributed by atoms with E-state index in [-0.39, 0.29) is 5.88 Å². The molecule has 0 bridgehead atoms. The molecule has 1 N–H and O–H groups in total. The standard InChI is InChI=1S/C19H18N6O2/c1-12-5-4-6-16(13(12)2)17-10-21-18(11-20-17)25-23-14(3)24(25)15-7-8-19(27-26)22-9-15/h4-11,26H,1-3H3. The van der Waals surface area contributed by atoms with Crippen LogP contribution >= 0.6 is 0 Å². The van der Waals surface area contributed by atoms with Gasteiger partial charge in [-0.1, -0.05) is 18.2 Å². The predicted molar refractivity (Wildman–Crippen MR) is 99.2 cm³/mol. The lowest BCUT2D eigenvalue weighted by Crippen LogP contribution is -2.27. The molecule has 0 saturated heterocycles.